The minimum absolute atomic E-state index is 0.218. The number of fused-ring (bicyclic) bond motifs is 1. The Balaban J connectivity index is 1.40. The highest BCUT2D eigenvalue weighted by molar-refractivity contribution is 8.00. The SMILES string of the molecule is O=C(Nc1ccc(F)cc1)[C@@H]1Sc2nnc(COc3ccccc3)n2N[C@H]1c1ccccc1. The molecule has 0 radical (unpaired) electrons. The number of carbonyl (C=O) groups excluding carboxylic acids is 1. The number of anilines is 1. The smallest absolute Gasteiger partial charge is 0.240 e. The summed E-state index contributed by atoms with van der Waals surface area (Å²) in [6.07, 6.45) is 0. The van der Waals surface area contributed by atoms with Crippen LogP contribution in [0.1, 0.15) is 17.4 Å². The summed E-state index contributed by atoms with van der Waals surface area (Å²) in [7, 11) is 0. The van der Waals surface area contributed by atoms with Crippen LogP contribution < -0.4 is 15.5 Å². The zero-order valence-electron chi connectivity index (χ0n) is 17.4. The first-order chi connectivity index (χ1) is 16.2. The Hall–Kier alpha value is -3.85. The quantitative estimate of drug-likeness (QED) is 0.443. The summed E-state index contributed by atoms with van der Waals surface area (Å²) in [6, 6.07) is 24.5. The van der Waals surface area contributed by atoms with Gasteiger partial charge in [-0.2, -0.15) is 0 Å². The van der Waals surface area contributed by atoms with E-state index >= 15 is 0 Å². The van der Waals surface area contributed by atoms with E-state index in [1.807, 2.05) is 60.7 Å². The molecule has 1 aliphatic heterocycles. The van der Waals surface area contributed by atoms with Crippen molar-refractivity contribution >= 4 is 23.4 Å². The van der Waals surface area contributed by atoms with Crippen LogP contribution in [0, 0.1) is 5.82 Å². The molecule has 7 nitrogen and oxygen atoms in total. The van der Waals surface area contributed by atoms with Gasteiger partial charge in [-0.3, -0.25) is 4.79 Å². The summed E-state index contributed by atoms with van der Waals surface area (Å²) in [4.78, 5) is 13.2. The highest BCUT2D eigenvalue weighted by Crippen LogP contribution is 2.37. The molecule has 2 atom stereocenters. The van der Waals surface area contributed by atoms with E-state index in [0.717, 1.165) is 11.3 Å². The van der Waals surface area contributed by atoms with Gasteiger partial charge in [0.15, 0.2) is 5.82 Å². The molecule has 0 bridgehead atoms. The van der Waals surface area contributed by atoms with Gasteiger partial charge in [0.1, 0.15) is 23.4 Å². The van der Waals surface area contributed by atoms with Gasteiger partial charge >= 0.3 is 0 Å². The average molecular weight is 462 g/mol. The van der Waals surface area contributed by atoms with Crippen molar-refractivity contribution in [1.29, 1.82) is 0 Å². The number of benzene rings is 3. The monoisotopic (exact) mass is 461 g/mol. The second kappa shape index (κ2) is 9.33. The Morgan fingerprint density at radius 2 is 1.70 bits per heavy atom. The molecule has 1 aromatic heterocycles. The summed E-state index contributed by atoms with van der Waals surface area (Å²) in [5.74, 6) is 0.751. The van der Waals surface area contributed by atoms with Crippen molar-refractivity contribution in [3.8, 4) is 5.75 Å². The van der Waals surface area contributed by atoms with Crippen molar-refractivity contribution in [2.45, 2.75) is 23.1 Å². The standard InChI is InChI=1S/C24H20FN5O2S/c25-17-11-13-18(14-12-17)26-23(31)22-21(16-7-3-1-4-8-16)29-30-20(27-28-24(30)33-22)15-32-19-9-5-2-6-10-19/h1-14,21-22,29H,15H2,(H,26,31)/t21-,22+/m0/s1. The number of hydrogen-bond donors (Lipinski definition) is 2. The number of para-hydroxylation sites is 1. The molecule has 2 N–H and O–H groups in total. The van der Waals surface area contributed by atoms with Crippen molar-refractivity contribution in [2.24, 2.45) is 0 Å². The first-order valence-corrected chi connectivity index (χ1v) is 11.2. The van der Waals surface area contributed by atoms with E-state index in [4.69, 9.17) is 4.74 Å². The molecule has 1 amide bonds. The predicted molar refractivity (Wildman–Crippen MR) is 124 cm³/mol. The fraction of sp³-hybridized carbons (Fsp3) is 0.125. The van der Waals surface area contributed by atoms with Crippen LogP contribution in [-0.2, 0) is 11.4 Å². The normalized spacial score (nSPS) is 17.0. The number of amides is 1. The van der Waals surface area contributed by atoms with Crippen molar-refractivity contribution in [1.82, 2.24) is 14.9 Å². The maximum Gasteiger partial charge on any atom is 0.240 e. The summed E-state index contributed by atoms with van der Waals surface area (Å²) < 4.78 is 20.9. The van der Waals surface area contributed by atoms with Crippen LogP contribution in [0.15, 0.2) is 90.1 Å². The number of nitrogens with one attached hydrogen (secondary N) is 2. The molecule has 166 valence electrons. The Morgan fingerprint density at radius 3 is 2.42 bits per heavy atom. The summed E-state index contributed by atoms with van der Waals surface area (Å²) in [5.41, 5.74) is 4.86. The molecule has 33 heavy (non-hydrogen) atoms. The third kappa shape index (κ3) is 4.68. The number of nitrogens with zero attached hydrogens (tertiary/aromatic N) is 3. The molecule has 0 saturated carbocycles. The minimum atomic E-state index is -0.531. The van der Waals surface area contributed by atoms with E-state index in [1.54, 1.807) is 4.68 Å². The lowest BCUT2D eigenvalue weighted by Crippen LogP contribution is -2.41. The molecule has 4 aromatic rings. The molecule has 0 spiro atoms. The second-order valence-electron chi connectivity index (χ2n) is 7.39. The molecule has 0 aliphatic carbocycles. The number of aromatic nitrogens is 3. The zero-order chi connectivity index (χ0) is 22.6. The Labute approximate surface area is 194 Å². The minimum Gasteiger partial charge on any atom is -0.486 e. The van der Waals surface area contributed by atoms with Gasteiger partial charge in [-0.1, -0.05) is 60.3 Å². The average Bonchev–Trinajstić information content (AvgIpc) is 3.26. The molecule has 1 aliphatic rings. The van der Waals surface area contributed by atoms with Gasteiger partial charge in [-0.05, 0) is 42.0 Å². The third-order valence-electron chi connectivity index (χ3n) is 5.14. The number of carbonyl (C=O) groups is 1. The fourth-order valence-corrected chi connectivity index (χ4v) is 4.61. The summed E-state index contributed by atoms with van der Waals surface area (Å²) >= 11 is 1.32. The van der Waals surface area contributed by atoms with Crippen molar-refractivity contribution in [3.05, 3.63) is 102 Å². The number of rotatable bonds is 6. The van der Waals surface area contributed by atoms with Gasteiger partial charge in [-0.25, -0.2) is 9.07 Å². The molecule has 0 saturated heterocycles. The Morgan fingerprint density at radius 1 is 1.00 bits per heavy atom. The lowest BCUT2D eigenvalue weighted by Gasteiger charge is -2.33. The molecule has 0 fully saturated rings. The van der Waals surface area contributed by atoms with Crippen LogP contribution in [0.4, 0.5) is 10.1 Å². The third-order valence-corrected chi connectivity index (χ3v) is 6.36. The van der Waals surface area contributed by atoms with Crippen LogP contribution in [-0.4, -0.2) is 26.0 Å². The largest absolute Gasteiger partial charge is 0.486 e. The van der Waals surface area contributed by atoms with Gasteiger partial charge in [0.25, 0.3) is 0 Å². The van der Waals surface area contributed by atoms with E-state index in [9.17, 15) is 9.18 Å². The first kappa shape index (κ1) is 21.0. The van der Waals surface area contributed by atoms with Crippen LogP contribution in [0.5, 0.6) is 5.75 Å². The van der Waals surface area contributed by atoms with E-state index in [1.165, 1.54) is 36.0 Å². The Kier molecular flexibility index (Phi) is 5.95. The van der Waals surface area contributed by atoms with Crippen LogP contribution in [0.25, 0.3) is 0 Å². The number of thioether (sulfide) groups is 1. The van der Waals surface area contributed by atoms with E-state index in [-0.39, 0.29) is 24.4 Å². The van der Waals surface area contributed by atoms with E-state index in [0.29, 0.717) is 16.7 Å². The molecule has 0 unspecified atom stereocenters. The van der Waals surface area contributed by atoms with Crippen molar-refractivity contribution in [3.63, 3.8) is 0 Å². The number of halogens is 1. The lowest BCUT2D eigenvalue weighted by molar-refractivity contribution is -0.116. The van der Waals surface area contributed by atoms with Gasteiger partial charge in [0.2, 0.25) is 11.1 Å². The van der Waals surface area contributed by atoms with E-state index < -0.39 is 5.25 Å². The zero-order valence-corrected chi connectivity index (χ0v) is 18.2. The number of hydrogen-bond acceptors (Lipinski definition) is 6. The summed E-state index contributed by atoms with van der Waals surface area (Å²) in [5, 5.41) is 11.4. The maximum absolute atomic E-state index is 13.2. The highest BCUT2D eigenvalue weighted by atomic mass is 32.2. The number of ether oxygens (including phenoxy) is 1. The molecule has 2 heterocycles. The fourth-order valence-electron chi connectivity index (χ4n) is 3.51. The summed E-state index contributed by atoms with van der Waals surface area (Å²) in [6.45, 7) is 0.221. The van der Waals surface area contributed by atoms with Gasteiger partial charge in [0, 0.05) is 5.69 Å². The van der Waals surface area contributed by atoms with Crippen LogP contribution in [0.2, 0.25) is 0 Å². The van der Waals surface area contributed by atoms with E-state index in [2.05, 4.69) is 20.9 Å². The first-order valence-electron chi connectivity index (χ1n) is 10.3. The van der Waals surface area contributed by atoms with Crippen molar-refractivity contribution in [2.75, 3.05) is 10.7 Å². The predicted octanol–water partition coefficient (Wildman–Crippen LogP) is 4.39. The molecular weight excluding hydrogens is 441 g/mol. The second-order valence-corrected chi connectivity index (χ2v) is 8.50. The molecular formula is C24H20FN5O2S. The Bertz CT molecular complexity index is 1230. The van der Waals surface area contributed by atoms with Gasteiger partial charge in [-0.15, -0.1) is 10.2 Å². The molecule has 3 aromatic carbocycles. The van der Waals surface area contributed by atoms with Gasteiger partial charge < -0.3 is 15.5 Å². The topological polar surface area (TPSA) is 81.1 Å². The van der Waals surface area contributed by atoms with Crippen LogP contribution >= 0.6 is 11.8 Å². The lowest BCUT2D eigenvalue weighted by atomic mass is 10.0. The maximum atomic E-state index is 13.2. The molecule has 5 rings (SSSR count). The molecule has 9 heteroatoms. The van der Waals surface area contributed by atoms with Gasteiger partial charge in [0.05, 0.1) is 6.04 Å². The van der Waals surface area contributed by atoms with Crippen LogP contribution in [0.3, 0.4) is 0 Å². The van der Waals surface area contributed by atoms with Crippen molar-refractivity contribution < 1.29 is 13.9 Å². The highest BCUT2D eigenvalue weighted by Gasteiger charge is 2.37.